The molecular formula is C73H138O6. The van der Waals surface area contributed by atoms with E-state index in [1.165, 1.54) is 302 Å². The normalized spacial score (nSPS) is 12.1. The number of carbonyl (C=O) groups excluding carboxylic acids is 3. The summed E-state index contributed by atoms with van der Waals surface area (Å²) in [5.41, 5.74) is 0. The Morgan fingerprint density at radius 1 is 0.253 bits per heavy atom. The fourth-order valence-electron chi connectivity index (χ4n) is 11.1. The molecule has 0 amide bonds. The molecule has 79 heavy (non-hydrogen) atoms. The molecule has 0 aliphatic carbocycles. The van der Waals surface area contributed by atoms with Crippen LogP contribution in [0.3, 0.4) is 0 Å². The van der Waals surface area contributed by atoms with Crippen LogP contribution in [0.2, 0.25) is 0 Å². The molecule has 0 heterocycles. The Morgan fingerprint density at radius 2 is 0.456 bits per heavy atom. The zero-order valence-electron chi connectivity index (χ0n) is 53.7. The largest absolute Gasteiger partial charge is 0.462 e. The molecule has 0 rings (SSSR count). The van der Waals surface area contributed by atoms with Gasteiger partial charge >= 0.3 is 17.9 Å². The molecule has 0 aliphatic heterocycles. The van der Waals surface area contributed by atoms with Gasteiger partial charge in [-0.3, -0.25) is 14.4 Å². The topological polar surface area (TPSA) is 78.9 Å². The first-order valence-electron chi connectivity index (χ1n) is 35.8. The Balaban J connectivity index is 3.94. The van der Waals surface area contributed by atoms with E-state index in [4.69, 9.17) is 14.2 Å². The van der Waals surface area contributed by atoms with Crippen LogP contribution < -0.4 is 0 Å². The minimum Gasteiger partial charge on any atom is -0.462 e. The minimum atomic E-state index is -0.764. The van der Waals surface area contributed by atoms with Crippen molar-refractivity contribution in [2.75, 3.05) is 13.2 Å². The summed E-state index contributed by atoms with van der Waals surface area (Å²) in [4.78, 5) is 38.1. The quantitative estimate of drug-likeness (QED) is 0.0261. The fraction of sp³-hybridized carbons (Fsp3) is 0.904. The van der Waals surface area contributed by atoms with E-state index < -0.39 is 6.10 Å². The standard InChI is InChI=1S/C73H138O6/c1-4-7-10-13-16-18-20-22-24-26-28-30-32-34-35-36-37-38-39-40-42-43-45-47-49-51-53-55-57-60-63-66-72(75)78-69-70(68-77-71(74)65-62-59-15-12-9-6-3)79-73(76)67-64-61-58-56-54-52-50-48-46-44-41-33-31-29-27-25-23-21-19-17-14-11-8-5-2/h20,22,26,28,70H,4-19,21,23-25,27,29-69H2,1-3H3/b22-20-,28-26-. The van der Waals surface area contributed by atoms with Gasteiger partial charge in [0.15, 0.2) is 6.10 Å². The highest BCUT2D eigenvalue weighted by atomic mass is 16.6. The third-order valence-corrected chi connectivity index (χ3v) is 16.5. The Hall–Kier alpha value is -2.11. The third-order valence-electron chi connectivity index (χ3n) is 16.5. The number of hydrogen-bond acceptors (Lipinski definition) is 6. The predicted octanol–water partition coefficient (Wildman–Crippen LogP) is 24.6. The molecule has 0 aromatic carbocycles. The molecule has 0 aliphatic rings. The number of rotatable bonds is 67. The van der Waals surface area contributed by atoms with Gasteiger partial charge in [-0.25, -0.2) is 0 Å². The lowest BCUT2D eigenvalue weighted by Gasteiger charge is -2.18. The van der Waals surface area contributed by atoms with Crippen LogP contribution >= 0.6 is 0 Å². The predicted molar refractivity (Wildman–Crippen MR) is 344 cm³/mol. The van der Waals surface area contributed by atoms with Gasteiger partial charge in [-0.05, 0) is 51.4 Å². The first-order chi connectivity index (χ1) is 39.0. The average Bonchev–Trinajstić information content (AvgIpc) is 3.45. The van der Waals surface area contributed by atoms with E-state index in [1.54, 1.807) is 0 Å². The van der Waals surface area contributed by atoms with Crippen molar-refractivity contribution in [3.63, 3.8) is 0 Å². The number of hydrogen-bond donors (Lipinski definition) is 0. The second-order valence-electron chi connectivity index (χ2n) is 24.5. The van der Waals surface area contributed by atoms with Gasteiger partial charge in [-0.1, -0.05) is 360 Å². The Kier molecular flexibility index (Phi) is 66.6. The summed E-state index contributed by atoms with van der Waals surface area (Å²) < 4.78 is 16.9. The number of ether oxygens (including phenoxy) is 3. The first kappa shape index (κ1) is 76.9. The number of esters is 3. The molecule has 0 fully saturated rings. The highest BCUT2D eigenvalue weighted by Gasteiger charge is 2.19. The highest BCUT2D eigenvalue weighted by Crippen LogP contribution is 2.19. The molecule has 6 nitrogen and oxygen atoms in total. The van der Waals surface area contributed by atoms with Crippen molar-refractivity contribution in [1.29, 1.82) is 0 Å². The summed E-state index contributed by atoms with van der Waals surface area (Å²) in [6, 6.07) is 0. The fourth-order valence-corrected chi connectivity index (χ4v) is 11.1. The van der Waals surface area contributed by atoms with Gasteiger partial charge in [0.2, 0.25) is 0 Å². The zero-order valence-corrected chi connectivity index (χ0v) is 53.7. The van der Waals surface area contributed by atoms with E-state index in [2.05, 4.69) is 45.1 Å². The maximum Gasteiger partial charge on any atom is 0.306 e. The lowest BCUT2D eigenvalue weighted by atomic mass is 10.0. The van der Waals surface area contributed by atoms with E-state index in [0.717, 1.165) is 64.2 Å². The van der Waals surface area contributed by atoms with Gasteiger partial charge in [0.25, 0.3) is 0 Å². The highest BCUT2D eigenvalue weighted by molar-refractivity contribution is 5.71. The van der Waals surface area contributed by atoms with Crippen LogP contribution in [0, 0.1) is 0 Å². The van der Waals surface area contributed by atoms with Crippen molar-refractivity contribution in [2.24, 2.45) is 0 Å². The molecule has 0 aromatic rings. The van der Waals surface area contributed by atoms with Crippen LogP contribution in [0.15, 0.2) is 24.3 Å². The number of carbonyl (C=O) groups is 3. The maximum atomic E-state index is 12.9. The summed E-state index contributed by atoms with van der Waals surface area (Å²) in [6.07, 6.45) is 84.1. The van der Waals surface area contributed by atoms with Crippen molar-refractivity contribution in [3.8, 4) is 0 Å². The SMILES string of the molecule is CCCCCCC/C=C\C/C=C\CCCCCCCCCCCCCCCCCCCCCC(=O)OCC(COC(=O)CCCCCCCC)OC(=O)CCCCCCCCCCCCCCCCCCCCCCCCCC. The number of allylic oxidation sites excluding steroid dienone is 4. The zero-order chi connectivity index (χ0) is 57.1. The summed E-state index contributed by atoms with van der Waals surface area (Å²) in [5.74, 6) is -0.844. The van der Waals surface area contributed by atoms with Gasteiger partial charge in [-0.2, -0.15) is 0 Å². The molecule has 0 N–H and O–H groups in total. The molecular weight excluding hydrogens is 973 g/mol. The van der Waals surface area contributed by atoms with E-state index >= 15 is 0 Å². The maximum absolute atomic E-state index is 12.9. The summed E-state index contributed by atoms with van der Waals surface area (Å²) in [5, 5.41) is 0. The van der Waals surface area contributed by atoms with Crippen LogP contribution in [0.1, 0.15) is 406 Å². The minimum absolute atomic E-state index is 0.0644. The van der Waals surface area contributed by atoms with Crippen molar-refractivity contribution in [3.05, 3.63) is 24.3 Å². The van der Waals surface area contributed by atoms with Crippen LogP contribution in [-0.4, -0.2) is 37.2 Å². The molecule has 0 saturated heterocycles. The van der Waals surface area contributed by atoms with Gasteiger partial charge in [-0.15, -0.1) is 0 Å². The van der Waals surface area contributed by atoms with Crippen LogP contribution in [0.4, 0.5) is 0 Å². The van der Waals surface area contributed by atoms with E-state index in [9.17, 15) is 14.4 Å². The van der Waals surface area contributed by atoms with Crippen molar-refractivity contribution in [1.82, 2.24) is 0 Å². The molecule has 1 atom stereocenters. The van der Waals surface area contributed by atoms with Crippen LogP contribution in [-0.2, 0) is 28.6 Å². The summed E-state index contributed by atoms with van der Waals surface area (Å²) in [6.45, 7) is 6.65. The van der Waals surface area contributed by atoms with Crippen LogP contribution in [0.5, 0.6) is 0 Å². The second-order valence-corrected chi connectivity index (χ2v) is 24.5. The monoisotopic (exact) mass is 1110 g/mol. The second kappa shape index (κ2) is 68.4. The molecule has 0 aromatic heterocycles. The Morgan fingerprint density at radius 3 is 0.696 bits per heavy atom. The summed E-state index contributed by atoms with van der Waals surface area (Å²) in [7, 11) is 0. The molecule has 0 bridgehead atoms. The summed E-state index contributed by atoms with van der Waals surface area (Å²) >= 11 is 0. The molecule has 0 spiro atoms. The third kappa shape index (κ3) is 66.6. The molecule has 1 unspecified atom stereocenters. The molecule has 0 saturated carbocycles. The van der Waals surface area contributed by atoms with E-state index in [0.29, 0.717) is 19.3 Å². The average molecular weight is 1110 g/mol. The number of unbranched alkanes of at least 4 members (excludes halogenated alkanes) is 52. The van der Waals surface area contributed by atoms with E-state index in [-0.39, 0.29) is 31.1 Å². The first-order valence-corrected chi connectivity index (χ1v) is 35.8. The van der Waals surface area contributed by atoms with Gasteiger partial charge in [0.1, 0.15) is 13.2 Å². The van der Waals surface area contributed by atoms with Gasteiger partial charge in [0.05, 0.1) is 0 Å². The van der Waals surface area contributed by atoms with Gasteiger partial charge in [0, 0.05) is 19.3 Å². The van der Waals surface area contributed by atoms with Crippen molar-refractivity contribution in [2.45, 2.75) is 412 Å². The molecule has 6 heteroatoms. The lowest BCUT2D eigenvalue weighted by Crippen LogP contribution is -2.30. The Bertz CT molecular complexity index is 1270. The van der Waals surface area contributed by atoms with Crippen molar-refractivity contribution < 1.29 is 28.6 Å². The molecule has 466 valence electrons. The van der Waals surface area contributed by atoms with Crippen molar-refractivity contribution >= 4 is 17.9 Å². The lowest BCUT2D eigenvalue weighted by molar-refractivity contribution is -0.167. The van der Waals surface area contributed by atoms with Gasteiger partial charge < -0.3 is 14.2 Å². The Labute approximate surface area is 493 Å². The molecule has 0 radical (unpaired) electrons. The smallest absolute Gasteiger partial charge is 0.306 e. The van der Waals surface area contributed by atoms with E-state index in [1.807, 2.05) is 0 Å². The van der Waals surface area contributed by atoms with Crippen LogP contribution in [0.25, 0.3) is 0 Å².